The summed E-state index contributed by atoms with van der Waals surface area (Å²) < 4.78 is 9.77. The molecule has 4 atom stereocenters. The van der Waals surface area contributed by atoms with Crippen molar-refractivity contribution in [3.63, 3.8) is 0 Å². The van der Waals surface area contributed by atoms with Gasteiger partial charge in [-0.3, -0.25) is 9.59 Å². The van der Waals surface area contributed by atoms with Crippen molar-refractivity contribution in [3.05, 3.63) is 0 Å². The van der Waals surface area contributed by atoms with E-state index in [9.17, 15) is 9.59 Å². The molecule has 0 aromatic heterocycles. The first-order chi connectivity index (χ1) is 8.89. The molecule has 0 aromatic rings. The second-order valence-corrected chi connectivity index (χ2v) is 6.55. The molecular weight excluding hydrogens is 244 g/mol. The summed E-state index contributed by atoms with van der Waals surface area (Å²) >= 11 is 0. The number of carbonyl (C=O) groups excluding carboxylic acids is 2. The minimum absolute atomic E-state index is 0.0926. The minimum Gasteiger partial charge on any atom is -0.469 e. The maximum absolute atomic E-state index is 11.1. The van der Waals surface area contributed by atoms with Gasteiger partial charge in [-0.15, -0.1) is 0 Å². The molecule has 4 unspecified atom stereocenters. The van der Waals surface area contributed by atoms with Crippen LogP contribution in [0.4, 0.5) is 0 Å². The van der Waals surface area contributed by atoms with E-state index in [0.717, 1.165) is 25.2 Å². The first-order valence-electron chi connectivity index (χ1n) is 7.18. The Morgan fingerprint density at radius 2 is 2.05 bits per heavy atom. The van der Waals surface area contributed by atoms with Crippen LogP contribution in [0.15, 0.2) is 0 Å². The van der Waals surface area contributed by atoms with Crippen molar-refractivity contribution >= 4 is 11.9 Å². The third-order valence-corrected chi connectivity index (χ3v) is 4.94. The van der Waals surface area contributed by atoms with E-state index in [1.807, 2.05) is 20.8 Å². The van der Waals surface area contributed by atoms with Crippen molar-refractivity contribution < 1.29 is 19.1 Å². The zero-order chi connectivity index (χ0) is 14.2. The average molecular weight is 268 g/mol. The van der Waals surface area contributed by atoms with Crippen LogP contribution in [0.25, 0.3) is 0 Å². The lowest BCUT2D eigenvalue weighted by Gasteiger charge is -2.17. The van der Waals surface area contributed by atoms with Gasteiger partial charge in [-0.2, -0.15) is 0 Å². The van der Waals surface area contributed by atoms with Crippen molar-refractivity contribution in [3.8, 4) is 0 Å². The molecule has 3 aliphatic rings. The molecule has 3 rings (SSSR count). The van der Waals surface area contributed by atoms with E-state index in [2.05, 4.69) is 4.74 Å². The summed E-state index contributed by atoms with van der Waals surface area (Å²) in [6.45, 7) is 5.72. The first-order valence-corrected chi connectivity index (χ1v) is 7.18. The van der Waals surface area contributed by atoms with Crippen molar-refractivity contribution in [1.82, 2.24) is 0 Å². The van der Waals surface area contributed by atoms with Crippen LogP contribution in [0.5, 0.6) is 0 Å². The van der Waals surface area contributed by atoms with Gasteiger partial charge in [0, 0.05) is 5.92 Å². The lowest BCUT2D eigenvalue weighted by molar-refractivity contribution is -0.150. The molecule has 2 bridgehead atoms. The number of esters is 2. The quantitative estimate of drug-likeness (QED) is 0.722. The molecule has 19 heavy (non-hydrogen) atoms. The normalized spacial score (nSPS) is 34.6. The van der Waals surface area contributed by atoms with Crippen LogP contribution in [0, 0.1) is 23.2 Å². The Hall–Kier alpha value is -1.06. The molecule has 1 heterocycles. The predicted octanol–water partition coefficient (Wildman–Crippen LogP) is 2.55. The Morgan fingerprint density at radius 3 is 2.42 bits per heavy atom. The molecule has 1 saturated heterocycles. The summed E-state index contributed by atoms with van der Waals surface area (Å²) in [6.07, 6.45) is 4.70. The Kier molecular flexibility index (Phi) is 3.88. The predicted molar refractivity (Wildman–Crippen MR) is 70.3 cm³/mol. The van der Waals surface area contributed by atoms with Crippen LogP contribution in [-0.4, -0.2) is 25.2 Å². The van der Waals surface area contributed by atoms with Gasteiger partial charge in [0.05, 0.1) is 18.4 Å². The van der Waals surface area contributed by atoms with Gasteiger partial charge in [0.25, 0.3) is 0 Å². The topological polar surface area (TPSA) is 52.6 Å². The molecule has 108 valence electrons. The Balaban J connectivity index is 0.000000142. The van der Waals surface area contributed by atoms with Gasteiger partial charge in [-0.1, -0.05) is 6.92 Å². The molecular formula is C15H24O4. The van der Waals surface area contributed by atoms with Gasteiger partial charge in [-0.25, -0.2) is 0 Å². The highest BCUT2D eigenvalue weighted by Gasteiger charge is 2.56. The lowest BCUT2D eigenvalue weighted by Crippen LogP contribution is -2.24. The highest BCUT2D eigenvalue weighted by atomic mass is 16.6. The van der Waals surface area contributed by atoms with E-state index in [4.69, 9.17) is 4.74 Å². The highest BCUT2D eigenvalue weighted by molar-refractivity contribution is 5.76. The maximum Gasteiger partial charge on any atom is 0.311 e. The largest absolute Gasteiger partial charge is 0.469 e. The summed E-state index contributed by atoms with van der Waals surface area (Å²) in [7, 11) is 1.42. The molecule has 0 amide bonds. The SMILES string of the molecule is CCC(C)(C)C(=O)OC.O=C1OC2CC3CC1C2C3. The lowest BCUT2D eigenvalue weighted by atomic mass is 9.90. The third-order valence-electron chi connectivity index (χ3n) is 4.94. The summed E-state index contributed by atoms with van der Waals surface area (Å²) in [5, 5.41) is 0. The van der Waals surface area contributed by atoms with E-state index in [1.165, 1.54) is 13.5 Å². The molecule has 0 radical (unpaired) electrons. The van der Waals surface area contributed by atoms with Crippen molar-refractivity contribution in [2.24, 2.45) is 23.2 Å². The van der Waals surface area contributed by atoms with Gasteiger partial charge in [0.1, 0.15) is 6.10 Å². The average Bonchev–Trinajstić information content (AvgIpc) is 3.00. The highest BCUT2D eigenvalue weighted by Crippen LogP contribution is 2.54. The van der Waals surface area contributed by atoms with Gasteiger partial charge in [0.15, 0.2) is 0 Å². The summed E-state index contributed by atoms with van der Waals surface area (Å²) in [6, 6.07) is 0. The number of ether oxygens (including phenoxy) is 2. The van der Waals surface area contributed by atoms with E-state index in [1.54, 1.807) is 0 Å². The van der Waals surface area contributed by atoms with E-state index < -0.39 is 0 Å². The molecule has 4 heteroatoms. The number of hydrogen-bond acceptors (Lipinski definition) is 4. The monoisotopic (exact) mass is 268 g/mol. The summed E-state index contributed by atoms with van der Waals surface area (Å²) in [5.41, 5.74) is -0.311. The van der Waals surface area contributed by atoms with Gasteiger partial charge in [-0.05, 0) is 45.4 Å². The molecule has 0 spiro atoms. The van der Waals surface area contributed by atoms with Crippen LogP contribution in [0.3, 0.4) is 0 Å². The van der Waals surface area contributed by atoms with E-state index in [0.29, 0.717) is 17.9 Å². The van der Waals surface area contributed by atoms with Gasteiger partial charge >= 0.3 is 11.9 Å². The second kappa shape index (κ2) is 5.14. The van der Waals surface area contributed by atoms with Gasteiger partial charge < -0.3 is 9.47 Å². The molecule has 0 aromatic carbocycles. The fourth-order valence-corrected chi connectivity index (χ4v) is 3.35. The standard InChI is InChI=1S/C8H10O2.C7H14O2/c9-8-6-2-4-1-5(6)7(3-4)10-8;1-5-7(2,3)6(8)9-4/h4-7H,1-3H2;5H2,1-4H3. The summed E-state index contributed by atoms with van der Waals surface area (Å²) in [4.78, 5) is 21.9. The van der Waals surface area contributed by atoms with Crippen LogP contribution >= 0.6 is 0 Å². The van der Waals surface area contributed by atoms with Crippen molar-refractivity contribution in [2.45, 2.75) is 52.6 Å². The van der Waals surface area contributed by atoms with Crippen LogP contribution < -0.4 is 0 Å². The van der Waals surface area contributed by atoms with Crippen LogP contribution in [0.2, 0.25) is 0 Å². The number of carbonyl (C=O) groups is 2. The Labute approximate surface area is 114 Å². The second-order valence-electron chi connectivity index (χ2n) is 6.55. The van der Waals surface area contributed by atoms with E-state index in [-0.39, 0.29) is 17.4 Å². The fourth-order valence-electron chi connectivity index (χ4n) is 3.35. The third kappa shape index (κ3) is 2.63. The van der Waals surface area contributed by atoms with Crippen molar-refractivity contribution in [1.29, 1.82) is 0 Å². The Morgan fingerprint density at radius 1 is 1.37 bits per heavy atom. The zero-order valence-corrected chi connectivity index (χ0v) is 12.3. The maximum atomic E-state index is 11.1. The van der Waals surface area contributed by atoms with Crippen molar-refractivity contribution in [2.75, 3.05) is 7.11 Å². The van der Waals surface area contributed by atoms with E-state index >= 15 is 0 Å². The molecule has 4 nitrogen and oxygen atoms in total. The number of rotatable bonds is 2. The molecule has 2 saturated carbocycles. The molecule has 0 N–H and O–H groups in total. The fraction of sp³-hybridized carbons (Fsp3) is 0.867. The molecule has 1 aliphatic heterocycles. The zero-order valence-electron chi connectivity index (χ0n) is 12.3. The smallest absolute Gasteiger partial charge is 0.311 e. The number of hydrogen-bond donors (Lipinski definition) is 0. The molecule has 3 fully saturated rings. The minimum atomic E-state index is -0.311. The number of fused-ring (bicyclic) bond motifs is 1. The van der Waals surface area contributed by atoms with Crippen LogP contribution in [0.1, 0.15) is 46.5 Å². The Bertz CT molecular complexity index is 372. The number of methoxy groups -OCH3 is 1. The van der Waals surface area contributed by atoms with Gasteiger partial charge in [0.2, 0.25) is 0 Å². The molecule has 2 aliphatic carbocycles. The first kappa shape index (κ1) is 14.4. The summed E-state index contributed by atoms with van der Waals surface area (Å²) in [5.74, 6) is 1.72. The van der Waals surface area contributed by atoms with Crippen LogP contribution in [-0.2, 0) is 19.1 Å².